The van der Waals surface area contributed by atoms with Crippen LogP contribution in [0, 0.1) is 5.92 Å². The van der Waals surface area contributed by atoms with E-state index in [1.54, 1.807) is 7.11 Å². The number of methoxy groups -OCH3 is 1. The largest absolute Gasteiger partial charge is 0.496 e. The van der Waals surface area contributed by atoms with Crippen molar-refractivity contribution in [3.05, 3.63) is 29.8 Å². The minimum Gasteiger partial charge on any atom is -0.496 e. The summed E-state index contributed by atoms with van der Waals surface area (Å²) in [6.45, 7) is 7.85. The van der Waals surface area contributed by atoms with Crippen LogP contribution in [0.15, 0.2) is 24.3 Å². The van der Waals surface area contributed by atoms with Crippen LogP contribution in [0.3, 0.4) is 0 Å². The van der Waals surface area contributed by atoms with Crippen LogP contribution in [0.5, 0.6) is 5.75 Å². The van der Waals surface area contributed by atoms with Crippen LogP contribution < -0.4 is 10.1 Å². The molecule has 0 aliphatic rings. The van der Waals surface area contributed by atoms with E-state index in [2.05, 4.69) is 38.2 Å². The van der Waals surface area contributed by atoms with Crippen LogP contribution in [0.4, 0.5) is 0 Å². The molecule has 0 saturated heterocycles. The monoisotopic (exact) mass is 263 g/mol. The minimum absolute atomic E-state index is 0.340. The summed E-state index contributed by atoms with van der Waals surface area (Å²) in [5, 5.41) is 3.65. The van der Waals surface area contributed by atoms with E-state index >= 15 is 0 Å². The number of hydrogen-bond acceptors (Lipinski definition) is 2. The highest BCUT2D eigenvalue weighted by atomic mass is 16.5. The molecule has 0 amide bonds. The zero-order valence-corrected chi connectivity index (χ0v) is 12.9. The van der Waals surface area contributed by atoms with Crippen molar-refractivity contribution in [3.8, 4) is 5.75 Å². The predicted octanol–water partition coefficient (Wildman–Crippen LogP) is 4.56. The first-order valence-corrected chi connectivity index (χ1v) is 7.59. The second kappa shape index (κ2) is 8.98. The van der Waals surface area contributed by atoms with Crippen molar-refractivity contribution in [3.63, 3.8) is 0 Å². The highest BCUT2D eigenvalue weighted by molar-refractivity contribution is 5.35. The Hall–Kier alpha value is -1.02. The van der Waals surface area contributed by atoms with Crippen LogP contribution in [0.1, 0.15) is 58.1 Å². The summed E-state index contributed by atoms with van der Waals surface area (Å²) in [6, 6.07) is 8.60. The summed E-state index contributed by atoms with van der Waals surface area (Å²) in [5.41, 5.74) is 1.25. The van der Waals surface area contributed by atoms with Crippen molar-refractivity contribution in [2.24, 2.45) is 5.92 Å². The molecule has 2 nitrogen and oxygen atoms in total. The maximum Gasteiger partial charge on any atom is 0.123 e. The van der Waals surface area contributed by atoms with Gasteiger partial charge in [0.2, 0.25) is 0 Å². The lowest BCUT2D eigenvalue weighted by molar-refractivity contribution is 0.380. The Morgan fingerprint density at radius 2 is 1.95 bits per heavy atom. The highest BCUT2D eigenvalue weighted by Gasteiger charge is 2.12. The van der Waals surface area contributed by atoms with Gasteiger partial charge in [0.25, 0.3) is 0 Å². The third-order valence-corrected chi connectivity index (χ3v) is 3.86. The van der Waals surface area contributed by atoms with E-state index in [-0.39, 0.29) is 0 Å². The number of benzene rings is 1. The van der Waals surface area contributed by atoms with E-state index in [0.717, 1.165) is 18.2 Å². The van der Waals surface area contributed by atoms with E-state index in [1.165, 1.54) is 31.2 Å². The molecule has 0 fully saturated rings. The van der Waals surface area contributed by atoms with E-state index in [1.807, 2.05) is 12.1 Å². The molecule has 1 N–H and O–H groups in total. The van der Waals surface area contributed by atoms with Gasteiger partial charge in [-0.3, -0.25) is 0 Å². The fourth-order valence-electron chi connectivity index (χ4n) is 2.42. The summed E-state index contributed by atoms with van der Waals surface area (Å²) >= 11 is 0. The number of rotatable bonds is 9. The second-order valence-electron chi connectivity index (χ2n) is 5.29. The van der Waals surface area contributed by atoms with Gasteiger partial charge in [0.15, 0.2) is 0 Å². The molecule has 2 heteroatoms. The third-order valence-electron chi connectivity index (χ3n) is 3.86. The summed E-state index contributed by atoms with van der Waals surface area (Å²) in [4.78, 5) is 0. The number of unbranched alkanes of at least 4 members (excludes halogenated alkanes) is 1. The van der Waals surface area contributed by atoms with Crippen LogP contribution >= 0.6 is 0 Å². The summed E-state index contributed by atoms with van der Waals surface area (Å²) in [5.74, 6) is 1.77. The maximum absolute atomic E-state index is 5.42. The van der Waals surface area contributed by atoms with Crippen LogP contribution in [-0.4, -0.2) is 13.7 Å². The number of para-hydroxylation sites is 1. The summed E-state index contributed by atoms with van der Waals surface area (Å²) in [7, 11) is 1.74. The van der Waals surface area contributed by atoms with Gasteiger partial charge in [0.1, 0.15) is 5.75 Å². The van der Waals surface area contributed by atoms with Crippen molar-refractivity contribution in [1.82, 2.24) is 5.32 Å². The molecule has 1 aromatic carbocycles. The molecule has 1 aromatic rings. The van der Waals surface area contributed by atoms with Crippen LogP contribution in [0.2, 0.25) is 0 Å². The molecule has 0 aromatic heterocycles. The lowest BCUT2D eigenvalue weighted by atomic mass is 9.98. The molecule has 0 heterocycles. The zero-order valence-electron chi connectivity index (χ0n) is 12.9. The first-order valence-electron chi connectivity index (χ1n) is 7.59. The molecular weight excluding hydrogens is 234 g/mol. The molecule has 2 unspecified atom stereocenters. The van der Waals surface area contributed by atoms with Crippen molar-refractivity contribution in [1.29, 1.82) is 0 Å². The van der Waals surface area contributed by atoms with Crippen molar-refractivity contribution in [2.45, 2.75) is 52.5 Å². The number of nitrogens with one attached hydrogen (secondary N) is 1. The fraction of sp³-hybridized carbons (Fsp3) is 0.647. The smallest absolute Gasteiger partial charge is 0.123 e. The van der Waals surface area contributed by atoms with Crippen molar-refractivity contribution < 1.29 is 4.74 Å². The lowest BCUT2D eigenvalue weighted by Gasteiger charge is -2.21. The average Bonchev–Trinajstić information content (AvgIpc) is 2.47. The summed E-state index contributed by atoms with van der Waals surface area (Å²) in [6.07, 6.45) is 5.21. The standard InChI is InChI=1S/C17H29NO/c1-5-7-10-15(6-2)13-18-14(3)16-11-8-9-12-17(16)19-4/h8-9,11-12,14-15,18H,5-7,10,13H2,1-4H3. The molecule has 0 radical (unpaired) electrons. The fourth-order valence-corrected chi connectivity index (χ4v) is 2.42. The van der Waals surface area contributed by atoms with E-state index < -0.39 is 0 Å². The molecule has 108 valence electrons. The highest BCUT2D eigenvalue weighted by Crippen LogP contribution is 2.24. The predicted molar refractivity (Wildman–Crippen MR) is 82.7 cm³/mol. The second-order valence-corrected chi connectivity index (χ2v) is 5.29. The minimum atomic E-state index is 0.340. The first-order chi connectivity index (χ1) is 9.22. The van der Waals surface area contributed by atoms with Gasteiger partial charge in [-0.05, 0) is 31.9 Å². The molecule has 1 rings (SSSR count). The molecule has 2 atom stereocenters. The van der Waals surface area contributed by atoms with Gasteiger partial charge in [-0.15, -0.1) is 0 Å². The van der Waals surface area contributed by atoms with Gasteiger partial charge >= 0.3 is 0 Å². The van der Waals surface area contributed by atoms with Gasteiger partial charge in [0.05, 0.1) is 7.11 Å². The van der Waals surface area contributed by atoms with Gasteiger partial charge in [0, 0.05) is 11.6 Å². The van der Waals surface area contributed by atoms with Crippen molar-refractivity contribution >= 4 is 0 Å². The Labute approximate surface area is 118 Å². The molecule has 0 bridgehead atoms. The molecule has 19 heavy (non-hydrogen) atoms. The Morgan fingerprint density at radius 1 is 1.21 bits per heavy atom. The molecular formula is C17H29NO. The van der Waals surface area contributed by atoms with Gasteiger partial charge in [-0.25, -0.2) is 0 Å². The first kappa shape index (κ1) is 16.0. The Morgan fingerprint density at radius 3 is 2.58 bits per heavy atom. The average molecular weight is 263 g/mol. The summed E-state index contributed by atoms with van der Waals surface area (Å²) < 4.78 is 5.42. The van der Waals surface area contributed by atoms with Gasteiger partial charge in [-0.1, -0.05) is 51.3 Å². The number of ether oxygens (including phenoxy) is 1. The lowest BCUT2D eigenvalue weighted by Crippen LogP contribution is -2.25. The van der Waals surface area contributed by atoms with E-state index in [0.29, 0.717) is 6.04 Å². The Bertz CT molecular complexity index is 351. The molecule has 0 spiro atoms. The Kier molecular flexibility index (Phi) is 7.57. The van der Waals surface area contributed by atoms with Gasteiger partial charge in [-0.2, -0.15) is 0 Å². The maximum atomic E-state index is 5.42. The zero-order chi connectivity index (χ0) is 14.1. The quantitative estimate of drug-likeness (QED) is 0.705. The number of hydrogen-bond donors (Lipinski definition) is 1. The van der Waals surface area contributed by atoms with Crippen molar-refractivity contribution in [2.75, 3.05) is 13.7 Å². The molecule has 0 aliphatic heterocycles. The normalized spacial score (nSPS) is 14.1. The molecule has 0 aliphatic carbocycles. The topological polar surface area (TPSA) is 21.3 Å². The van der Waals surface area contributed by atoms with E-state index in [9.17, 15) is 0 Å². The van der Waals surface area contributed by atoms with Gasteiger partial charge < -0.3 is 10.1 Å². The van der Waals surface area contributed by atoms with E-state index in [4.69, 9.17) is 4.74 Å². The third kappa shape index (κ3) is 5.23. The Balaban J connectivity index is 2.51. The SMILES string of the molecule is CCCCC(CC)CNC(C)c1ccccc1OC. The molecule has 0 saturated carbocycles. The van der Waals surface area contributed by atoms with Crippen LogP contribution in [0.25, 0.3) is 0 Å². The van der Waals surface area contributed by atoms with Crippen LogP contribution in [-0.2, 0) is 0 Å².